The van der Waals surface area contributed by atoms with Gasteiger partial charge < -0.3 is 14.9 Å². The van der Waals surface area contributed by atoms with E-state index >= 15 is 0 Å². The molecule has 3 aromatic rings. The third-order valence-corrected chi connectivity index (χ3v) is 3.92. The standard InChI is InChI=1S/C18H15ClN2O3/c1-10-4-6-13(19)8-14(10)20-18(23)15-9-17(24-21-15)12-5-3-11(2)16(22)7-12/h3-9,22H,1-2H3,(H,20,23). The molecule has 1 amide bonds. The van der Waals surface area contributed by atoms with Crippen molar-refractivity contribution in [2.75, 3.05) is 5.32 Å². The number of carbonyl (C=O) groups is 1. The van der Waals surface area contributed by atoms with Gasteiger partial charge in [-0.15, -0.1) is 0 Å². The van der Waals surface area contributed by atoms with Gasteiger partial charge in [-0.25, -0.2) is 0 Å². The van der Waals surface area contributed by atoms with E-state index in [9.17, 15) is 9.90 Å². The maximum Gasteiger partial charge on any atom is 0.277 e. The number of aromatic nitrogens is 1. The number of phenolic OH excluding ortho intramolecular Hbond substituents is 1. The summed E-state index contributed by atoms with van der Waals surface area (Å²) in [4.78, 5) is 12.3. The van der Waals surface area contributed by atoms with Crippen LogP contribution in [0.15, 0.2) is 47.0 Å². The predicted molar refractivity (Wildman–Crippen MR) is 92.5 cm³/mol. The van der Waals surface area contributed by atoms with Crippen molar-refractivity contribution in [2.45, 2.75) is 13.8 Å². The van der Waals surface area contributed by atoms with E-state index in [1.54, 1.807) is 37.3 Å². The zero-order valence-electron chi connectivity index (χ0n) is 13.1. The molecule has 3 rings (SSSR count). The molecule has 0 saturated carbocycles. The number of nitrogens with zero attached hydrogens (tertiary/aromatic N) is 1. The van der Waals surface area contributed by atoms with Gasteiger partial charge in [0.2, 0.25) is 0 Å². The van der Waals surface area contributed by atoms with E-state index in [1.807, 2.05) is 13.0 Å². The molecule has 5 nitrogen and oxygen atoms in total. The summed E-state index contributed by atoms with van der Waals surface area (Å²) < 4.78 is 5.21. The van der Waals surface area contributed by atoms with Gasteiger partial charge >= 0.3 is 0 Å². The molecule has 6 heteroatoms. The largest absolute Gasteiger partial charge is 0.508 e. The highest BCUT2D eigenvalue weighted by Crippen LogP contribution is 2.27. The Morgan fingerprint density at radius 3 is 2.62 bits per heavy atom. The molecule has 0 atom stereocenters. The lowest BCUT2D eigenvalue weighted by Crippen LogP contribution is -2.13. The average molecular weight is 343 g/mol. The van der Waals surface area contributed by atoms with Crippen molar-refractivity contribution in [3.8, 4) is 17.1 Å². The second-order valence-corrected chi connectivity index (χ2v) is 5.93. The number of nitrogens with one attached hydrogen (secondary N) is 1. The summed E-state index contributed by atoms with van der Waals surface area (Å²) in [6, 6.07) is 11.9. The van der Waals surface area contributed by atoms with E-state index in [1.165, 1.54) is 6.07 Å². The first-order valence-corrected chi connectivity index (χ1v) is 7.66. The summed E-state index contributed by atoms with van der Waals surface area (Å²) in [6.45, 7) is 3.67. The van der Waals surface area contributed by atoms with Crippen LogP contribution in [-0.2, 0) is 0 Å². The molecule has 0 fully saturated rings. The summed E-state index contributed by atoms with van der Waals surface area (Å²) in [6.07, 6.45) is 0. The Labute approximate surface area is 143 Å². The Hall–Kier alpha value is -2.79. The summed E-state index contributed by atoms with van der Waals surface area (Å²) in [5.74, 6) is 0.162. The second-order valence-electron chi connectivity index (χ2n) is 5.49. The van der Waals surface area contributed by atoms with Crippen LogP contribution in [0.1, 0.15) is 21.6 Å². The van der Waals surface area contributed by atoms with Crippen LogP contribution in [0.4, 0.5) is 5.69 Å². The molecule has 0 aliphatic carbocycles. The highest BCUT2D eigenvalue weighted by Gasteiger charge is 2.15. The number of hydrogen-bond acceptors (Lipinski definition) is 4. The van der Waals surface area contributed by atoms with Crippen molar-refractivity contribution in [3.63, 3.8) is 0 Å². The van der Waals surface area contributed by atoms with Crippen LogP contribution < -0.4 is 5.32 Å². The minimum absolute atomic E-state index is 0.143. The molecule has 0 aliphatic heterocycles. The fraction of sp³-hybridized carbons (Fsp3) is 0.111. The van der Waals surface area contributed by atoms with Crippen molar-refractivity contribution >= 4 is 23.2 Å². The van der Waals surface area contributed by atoms with E-state index in [4.69, 9.17) is 16.1 Å². The molecule has 0 bridgehead atoms. The molecule has 2 N–H and O–H groups in total. The van der Waals surface area contributed by atoms with Gasteiger partial charge in [-0.2, -0.15) is 0 Å². The first-order chi connectivity index (χ1) is 11.4. The van der Waals surface area contributed by atoms with E-state index in [-0.39, 0.29) is 11.4 Å². The van der Waals surface area contributed by atoms with Crippen molar-refractivity contribution in [2.24, 2.45) is 0 Å². The highest BCUT2D eigenvalue weighted by molar-refractivity contribution is 6.31. The number of halogens is 1. The zero-order valence-corrected chi connectivity index (χ0v) is 13.9. The topological polar surface area (TPSA) is 75.4 Å². The highest BCUT2D eigenvalue weighted by atomic mass is 35.5. The van der Waals surface area contributed by atoms with Gasteiger partial charge in [0, 0.05) is 22.3 Å². The van der Waals surface area contributed by atoms with Gasteiger partial charge in [-0.05, 0) is 43.2 Å². The Morgan fingerprint density at radius 1 is 1.12 bits per heavy atom. The van der Waals surface area contributed by atoms with Gasteiger partial charge in [0.1, 0.15) is 5.75 Å². The lowest BCUT2D eigenvalue weighted by atomic mass is 10.1. The summed E-state index contributed by atoms with van der Waals surface area (Å²) in [7, 11) is 0. The van der Waals surface area contributed by atoms with E-state index in [2.05, 4.69) is 10.5 Å². The number of hydrogen-bond donors (Lipinski definition) is 2. The lowest BCUT2D eigenvalue weighted by molar-refractivity contribution is 0.101. The number of carbonyl (C=O) groups excluding carboxylic acids is 1. The molecule has 24 heavy (non-hydrogen) atoms. The molecular weight excluding hydrogens is 328 g/mol. The normalized spacial score (nSPS) is 10.6. The quantitative estimate of drug-likeness (QED) is 0.731. The van der Waals surface area contributed by atoms with Gasteiger partial charge in [-0.1, -0.05) is 35.0 Å². The van der Waals surface area contributed by atoms with Crippen LogP contribution >= 0.6 is 11.6 Å². The van der Waals surface area contributed by atoms with Crippen LogP contribution in [0.2, 0.25) is 5.02 Å². The summed E-state index contributed by atoms with van der Waals surface area (Å²) >= 11 is 5.95. The van der Waals surface area contributed by atoms with Crippen LogP contribution in [0.3, 0.4) is 0 Å². The van der Waals surface area contributed by atoms with E-state index in [0.717, 1.165) is 11.1 Å². The Balaban J connectivity index is 1.83. The number of amides is 1. The summed E-state index contributed by atoms with van der Waals surface area (Å²) in [5, 5.41) is 16.9. The molecular formula is C18H15ClN2O3. The maximum absolute atomic E-state index is 12.3. The smallest absolute Gasteiger partial charge is 0.277 e. The molecule has 0 radical (unpaired) electrons. The molecule has 122 valence electrons. The van der Waals surface area contributed by atoms with E-state index < -0.39 is 5.91 Å². The fourth-order valence-electron chi connectivity index (χ4n) is 2.20. The predicted octanol–water partition coefficient (Wildman–Crippen LogP) is 4.57. The van der Waals surface area contributed by atoms with Gasteiger partial charge in [0.15, 0.2) is 11.5 Å². The Kier molecular flexibility index (Phi) is 4.27. The molecule has 0 saturated heterocycles. The van der Waals surface area contributed by atoms with Gasteiger partial charge in [0.05, 0.1) is 0 Å². The number of benzene rings is 2. The van der Waals surface area contributed by atoms with Crippen LogP contribution in [0, 0.1) is 13.8 Å². The number of rotatable bonds is 3. The number of aromatic hydroxyl groups is 1. The molecule has 1 heterocycles. The van der Waals surface area contributed by atoms with Crippen LogP contribution in [-0.4, -0.2) is 16.2 Å². The molecule has 2 aromatic carbocycles. The number of aryl methyl sites for hydroxylation is 2. The Morgan fingerprint density at radius 2 is 1.88 bits per heavy atom. The van der Waals surface area contributed by atoms with Crippen molar-refractivity contribution < 1.29 is 14.4 Å². The van der Waals surface area contributed by atoms with Crippen LogP contribution in [0.25, 0.3) is 11.3 Å². The third kappa shape index (κ3) is 3.26. The SMILES string of the molecule is Cc1ccc(-c2cc(C(=O)Nc3cc(Cl)ccc3C)no2)cc1O. The van der Waals surface area contributed by atoms with E-state index in [0.29, 0.717) is 22.0 Å². The fourth-order valence-corrected chi connectivity index (χ4v) is 2.37. The van der Waals surface area contributed by atoms with Crippen molar-refractivity contribution in [3.05, 3.63) is 64.3 Å². The second kappa shape index (κ2) is 6.37. The lowest BCUT2D eigenvalue weighted by Gasteiger charge is -2.06. The van der Waals surface area contributed by atoms with Crippen molar-refractivity contribution in [1.29, 1.82) is 0 Å². The molecule has 0 spiro atoms. The first-order valence-electron chi connectivity index (χ1n) is 7.28. The minimum atomic E-state index is -0.397. The summed E-state index contributed by atoms with van der Waals surface area (Å²) in [5.41, 5.74) is 3.05. The Bertz CT molecular complexity index is 918. The van der Waals surface area contributed by atoms with Gasteiger partial charge in [-0.3, -0.25) is 4.79 Å². The minimum Gasteiger partial charge on any atom is -0.508 e. The monoisotopic (exact) mass is 342 g/mol. The molecule has 1 aromatic heterocycles. The maximum atomic E-state index is 12.3. The molecule has 0 unspecified atom stereocenters. The zero-order chi connectivity index (χ0) is 17.3. The first kappa shape index (κ1) is 16.1. The average Bonchev–Trinajstić information content (AvgIpc) is 3.03. The van der Waals surface area contributed by atoms with Crippen LogP contribution in [0.5, 0.6) is 5.75 Å². The number of phenols is 1. The van der Waals surface area contributed by atoms with Gasteiger partial charge in [0.25, 0.3) is 5.91 Å². The molecule has 0 aliphatic rings. The van der Waals surface area contributed by atoms with Crippen molar-refractivity contribution in [1.82, 2.24) is 5.16 Å². The number of anilines is 1. The third-order valence-electron chi connectivity index (χ3n) is 3.68.